The fourth-order valence-corrected chi connectivity index (χ4v) is 4.15. The zero-order valence-electron chi connectivity index (χ0n) is 13.2. The van der Waals surface area contributed by atoms with E-state index in [1.807, 2.05) is 44.2 Å². The molecule has 0 saturated heterocycles. The van der Waals surface area contributed by atoms with Gasteiger partial charge in [-0.2, -0.15) is 12.6 Å². The number of hydrogen-bond acceptors (Lipinski definition) is 3. The number of Topliss-reactive ketones (excluding diaryl/α,β-unsaturated/α-hetero) is 1. The monoisotopic (exact) mass is 306 g/mol. The third kappa shape index (κ3) is 3.89. The molecular formula is C18H26O2S. The van der Waals surface area contributed by atoms with Gasteiger partial charge in [0.1, 0.15) is 0 Å². The van der Waals surface area contributed by atoms with Crippen molar-refractivity contribution in [3.05, 3.63) is 35.9 Å². The van der Waals surface area contributed by atoms with Gasteiger partial charge in [-0.25, -0.2) is 0 Å². The van der Waals surface area contributed by atoms with Gasteiger partial charge in [0.25, 0.3) is 0 Å². The Bertz CT molecular complexity index is 492. The molecule has 3 heteroatoms. The minimum atomic E-state index is -0.949. The molecule has 2 nitrogen and oxygen atoms in total. The van der Waals surface area contributed by atoms with Crippen LogP contribution in [-0.2, 0) is 0 Å². The summed E-state index contributed by atoms with van der Waals surface area (Å²) < 4.78 is -0.286. The Morgan fingerprint density at radius 1 is 1.33 bits per heavy atom. The molecule has 0 heterocycles. The molecular weight excluding hydrogens is 280 g/mol. The Kier molecular flexibility index (Phi) is 4.84. The van der Waals surface area contributed by atoms with Gasteiger partial charge in [0.15, 0.2) is 5.78 Å². The highest BCUT2D eigenvalue weighted by molar-refractivity contribution is 7.81. The van der Waals surface area contributed by atoms with Crippen molar-refractivity contribution in [1.29, 1.82) is 0 Å². The lowest BCUT2D eigenvalue weighted by Crippen LogP contribution is -2.51. The number of aliphatic hydroxyl groups is 1. The smallest absolute Gasteiger partial charge is 0.165 e. The number of carbonyl (C=O) groups is 1. The molecule has 116 valence electrons. The summed E-state index contributed by atoms with van der Waals surface area (Å²) in [5.74, 6) is 0.512. The maximum absolute atomic E-state index is 12.5. The van der Waals surface area contributed by atoms with E-state index >= 15 is 0 Å². The van der Waals surface area contributed by atoms with Crippen LogP contribution in [0, 0.1) is 11.8 Å². The maximum atomic E-state index is 12.5. The lowest BCUT2D eigenvalue weighted by atomic mass is 9.64. The zero-order valence-corrected chi connectivity index (χ0v) is 14.1. The average Bonchev–Trinajstić information content (AvgIpc) is 2.37. The van der Waals surface area contributed by atoms with Crippen molar-refractivity contribution in [2.24, 2.45) is 11.8 Å². The molecule has 0 aliphatic heterocycles. The van der Waals surface area contributed by atoms with E-state index in [4.69, 9.17) is 0 Å². The second-order valence-electron chi connectivity index (χ2n) is 7.16. The van der Waals surface area contributed by atoms with Crippen LogP contribution in [0.1, 0.15) is 56.8 Å². The summed E-state index contributed by atoms with van der Waals surface area (Å²) in [7, 11) is 0. The van der Waals surface area contributed by atoms with Crippen LogP contribution in [0.25, 0.3) is 0 Å². The molecule has 1 fully saturated rings. The molecule has 0 aromatic heterocycles. The first-order chi connectivity index (χ1) is 9.72. The molecule has 1 aromatic carbocycles. The van der Waals surface area contributed by atoms with Gasteiger partial charge >= 0.3 is 0 Å². The van der Waals surface area contributed by atoms with Crippen molar-refractivity contribution in [2.45, 2.75) is 56.8 Å². The lowest BCUT2D eigenvalue weighted by molar-refractivity contribution is -0.0723. The number of benzene rings is 1. The third-order valence-electron chi connectivity index (χ3n) is 4.71. The quantitative estimate of drug-likeness (QED) is 0.648. The highest BCUT2D eigenvalue weighted by atomic mass is 32.1. The molecule has 3 atom stereocenters. The molecule has 1 aliphatic rings. The van der Waals surface area contributed by atoms with Gasteiger partial charge < -0.3 is 5.11 Å². The molecule has 0 radical (unpaired) electrons. The van der Waals surface area contributed by atoms with Crippen LogP contribution >= 0.6 is 12.6 Å². The van der Waals surface area contributed by atoms with Crippen molar-refractivity contribution in [3.63, 3.8) is 0 Å². The molecule has 1 saturated carbocycles. The van der Waals surface area contributed by atoms with Gasteiger partial charge in [0, 0.05) is 22.6 Å². The van der Waals surface area contributed by atoms with Crippen LogP contribution in [0.3, 0.4) is 0 Å². The molecule has 0 spiro atoms. The molecule has 0 bridgehead atoms. The minimum Gasteiger partial charge on any atom is -0.389 e. The van der Waals surface area contributed by atoms with E-state index in [2.05, 4.69) is 19.6 Å². The molecule has 1 aliphatic carbocycles. The van der Waals surface area contributed by atoms with Crippen molar-refractivity contribution in [2.75, 3.05) is 0 Å². The summed E-state index contributed by atoms with van der Waals surface area (Å²) in [6.07, 6.45) is 2.89. The molecule has 1 N–H and O–H groups in total. The predicted molar refractivity (Wildman–Crippen MR) is 89.9 cm³/mol. The number of rotatable bonds is 4. The first kappa shape index (κ1) is 16.6. The number of ketones is 1. The fourth-order valence-electron chi connectivity index (χ4n) is 3.78. The molecule has 1 aromatic rings. The first-order valence-electron chi connectivity index (χ1n) is 7.75. The number of hydrogen-bond donors (Lipinski definition) is 2. The lowest BCUT2D eigenvalue weighted by Gasteiger charge is -2.48. The van der Waals surface area contributed by atoms with E-state index in [0.29, 0.717) is 17.9 Å². The molecule has 0 unspecified atom stereocenters. The summed E-state index contributed by atoms with van der Waals surface area (Å²) in [4.78, 5) is 12.5. The van der Waals surface area contributed by atoms with Crippen molar-refractivity contribution in [1.82, 2.24) is 0 Å². The van der Waals surface area contributed by atoms with Crippen LogP contribution in [0.4, 0.5) is 0 Å². The van der Waals surface area contributed by atoms with Gasteiger partial charge in [-0.3, -0.25) is 4.79 Å². The van der Waals surface area contributed by atoms with Crippen molar-refractivity contribution in [3.8, 4) is 0 Å². The van der Waals surface area contributed by atoms with E-state index in [1.54, 1.807) is 0 Å². The summed E-state index contributed by atoms with van der Waals surface area (Å²) in [5, 5.41) is 11.2. The fraction of sp³-hybridized carbons (Fsp3) is 0.611. The Labute approximate surface area is 133 Å². The van der Waals surface area contributed by atoms with Gasteiger partial charge in [-0.1, -0.05) is 57.5 Å². The maximum Gasteiger partial charge on any atom is 0.165 e. The highest BCUT2D eigenvalue weighted by Gasteiger charge is 2.48. The molecule has 0 amide bonds. The van der Waals surface area contributed by atoms with E-state index in [0.717, 1.165) is 12.8 Å². The largest absolute Gasteiger partial charge is 0.389 e. The summed E-state index contributed by atoms with van der Waals surface area (Å²) >= 11 is 4.68. The van der Waals surface area contributed by atoms with Gasteiger partial charge in [-0.15, -0.1) is 0 Å². The normalized spacial score (nSPS) is 30.1. The van der Waals surface area contributed by atoms with E-state index in [1.165, 1.54) is 0 Å². The third-order valence-corrected chi connectivity index (χ3v) is 5.03. The minimum absolute atomic E-state index is 0.0229. The van der Waals surface area contributed by atoms with Crippen LogP contribution < -0.4 is 0 Å². The van der Waals surface area contributed by atoms with Crippen LogP contribution in [-0.4, -0.2) is 21.2 Å². The Morgan fingerprint density at radius 2 is 1.95 bits per heavy atom. The number of carbonyl (C=O) groups excluding carboxylic acids is 1. The summed E-state index contributed by atoms with van der Waals surface area (Å²) in [5.41, 5.74) is -0.268. The Balaban J connectivity index is 2.22. The van der Waals surface area contributed by atoms with E-state index in [-0.39, 0.29) is 22.9 Å². The van der Waals surface area contributed by atoms with Gasteiger partial charge in [-0.05, 0) is 18.8 Å². The SMILES string of the molecule is C[C@@H]1CC[C@@H](C(C)(C)S)[C@](O)(CC(=O)c2ccccc2)C1. The van der Waals surface area contributed by atoms with E-state index < -0.39 is 5.60 Å². The standard InChI is InChI=1S/C18H26O2S/c1-13-9-10-16(17(2,3)21)18(20,11-13)12-15(19)14-7-5-4-6-8-14/h4-8,13,16,20-21H,9-12H2,1-3H3/t13-,16+,18-/m1/s1. The molecule has 21 heavy (non-hydrogen) atoms. The second-order valence-corrected chi connectivity index (χ2v) is 8.32. The van der Waals surface area contributed by atoms with Gasteiger partial charge in [0.05, 0.1) is 5.60 Å². The van der Waals surface area contributed by atoms with Gasteiger partial charge in [0.2, 0.25) is 0 Å². The van der Waals surface area contributed by atoms with E-state index in [9.17, 15) is 9.90 Å². The average molecular weight is 306 g/mol. The Hall–Kier alpha value is -0.800. The second kappa shape index (κ2) is 6.13. The van der Waals surface area contributed by atoms with Crippen LogP contribution in [0.5, 0.6) is 0 Å². The van der Waals surface area contributed by atoms with Crippen LogP contribution in [0.2, 0.25) is 0 Å². The first-order valence-corrected chi connectivity index (χ1v) is 8.20. The molecule has 2 rings (SSSR count). The predicted octanol–water partition coefficient (Wildman–Crippen LogP) is 4.14. The van der Waals surface area contributed by atoms with Crippen molar-refractivity contribution < 1.29 is 9.90 Å². The zero-order chi connectivity index (χ0) is 15.7. The summed E-state index contributed by atoms with van der Waals surface area (Å²) in [6, 6.07) is 9.26. The Morgan fingerprint density at radius 3 is 2.52 bits per heavy atom. The van der Waals surface area contributed by atoms with Crippen LogP contribution in [0.15, 0.2) is 30.3 Å². The number of thiol groups is 1. The topological polar surface area (TPSA) is 37.3 Å². The highest BCUT2D eigenvalue weighted by Crippen LogP contribution is 2.46. The summed E-state index contributed by atoms with van der Waals surface area (Å²) in [6.45, 7) is 6.23. The van der Waals surface area contributed by atoms with Crippen molar-refractivity contribution >= 4 is 18.4 Å².